The summed E-state index contributed by atoms with van der Waals surface area (Å²) in [6.45, 7) is 1.47. The molecule has 24 heavy (non-hydrogen) atoms. The Labute approximate surface area is 140 Å². The van der Waals surface area contributed by atoms with Gasteiger partial charge in [0.2, 0.25) is 0 Å². The number of methoxy groups -OCH3 is 1. The highest BCUT2D eigenvalue weighted by Crippen LogP contribution is 2.22. The van der Waals surface area contributed by atoms with Crippen LogP contribution in [0.5, 0.6) is 0 Å². The number of ether oxygens (including phenoxy) is 1. The van der Waals surface area contributed by atoms with E-state index in [1.807, 2.05) is 0 Å². The molecule has 0 aliphatic heterocycles. The van der Waals surface area contributed by atoms with E-state index in [1.54, 1.807) is 6.92 Å². The lowest BCUT2D eigenvalue weighted by atomic mass is 10.1. The number of carboxylic acids is 1. The summed E-state index contributed by atoms with van der Waals surface area (Å²) in [6, 6.07) is 1.61. The number of halogens is 2. The first kappa shape index (κ1) is 17.9. The minimum absolute atomic E-state index is 0.0835. The highest BCUT2D eigenvalue weighted by molar-refractivity contribution is 6.33. The Kier molecular flexibility index (Phi) is 4.91. The Bertz CT molecular complexity index is 948. The topological polar surface area (TPSA) is 90.5 Å². The second kappa shape index (κ2) is 6.58. The highest BCUT2D eigenvalue weighted by Gasteiger charge is 2.21. The third-order valence-corrected chi connectivity index (χ3v) is 3.99. The van der Waals surface area contributed by atoms with E-state index in [-0.39, 0.29) is 17.2 Å². The zero-order valence-corrected chi connectivity index (χ0v) is 13.8. The van der Waals surface area contributed by atoms with Crippen molar-refractivity contribution >= 4 is 17.6 Å². The lowest BCUT2D eigenvalue weighted by Gasteiger charge is -2.15. The molecule has 0 bridgehead atoms. The fourth-order valence-corrected chi connectivity index (χ4v) is 2.50. The average molecular weight is 357 g/mol. The lowest BCUT2D eigenvalue weighted by molar-refractivity contribution is 0.0697. The molecule has 7 nitrogen and oxygen atoms in total. The van der Waals surface area contributed by atoms with Crippen LogP contribution in [0.3, 0.4) is 0 Å². The fraction of sp³-hybridized carbons (Fsp3) is 0.267. The average Bonchev–Trinajstić information content (AvgIpc) is 2.51. The van der Waals surface area contributed by atoms with Gasteiger partial charge in [-0.05, 0) is 19.1 Å². The van der Waals surface area contributed by atoms with E-state index in [4.69, 9.17) is 21.4 Å². The quantitative estimate of drug-likeness (QED) is 0.896. The maximum atomic E-state index is 14.3. The van der Waals surface area contributed by atoms with Gasteiger partial charge in [0.1, 0.15) is 5.82 Å². The van der Waals surface area contributed by atoms with Gasteiger partial charge < -0.3 is 14.4 Å². The molecule has 0 atom stereocenters. The van der Waals surface area contributed by atoms with Gasteiger partial charge in [-0.15, -0.1) is 0 Å². The molecule has 0 spiro atoms. The van der Waals surface area contributed by atoms with Crippen molar-refractivity contribution in [3.8, 4) is 5.69 Å². The molecule has 1 aromatic carbocycles. The van der Waals surface area contributed by atoms with Crippen LogP contribution in [0.25, 0.3) is 5.69 Å². The molecule has 0 radical (unpaired) electrons. The normalized spacial score (nSPS) is 10.9. The Morgan fingerprint density at radius 2 is 2.00 bits per heavy atom. The summed E-state index contributed by atoms with van der Waals surface area (Å²) in [5.41, 5.74) is -1.97. The molecule has 128 valence electrons. The Morgan fingerprint density at radius 3 is 2.54 bits per heavy atom. The van der Waals surface area contributed by atoms with Crippen molar-refractivity contribution in [3.05, 3.63) is 60.6 Å². The zero-order chi connectivity index (χ0) is 18.2. The summed E-state index contributed by atoms with van der Waals surface area (Å²) in [4.78, 5) is 36.2. The molecule has 2 aromatic rings. The van der Waals surface area contributed by atoms with Crippen molar-refractivity contribution in [2.45, 2.75) is 13.5 Å². The lowest BCUT2D eigenvalue weighted by Crippen LogP contribution is -2.41. The van der Waals surface area contributed by atoms with Crippen molar-refractivity contribution in [1.29, 1.82) is 0 Å². The van der Waals surface area contributed by atoms with E-state index < -0.39 is 34.3 Å². The van der Waals surface area contributed by atoms with Crippen molar-refractivity contribution in [3.63, 3.8) is 0 Å². The molecule has 0 aliphatic rings. The van der Waals surface area contributed by atoms with Crippen molar-refractivity contribution in [1.82, 2.24) is 9.13 Å². The SMILES string of the molecule is COCc1c(C)n(C)c(=O)n(-c2cc(C(=O)O)c(Cl)cc2F)c1=O. The van der Waals surface area contributed by atoms with Gasteiger partial charge >= 0.3 is 11.7 Å². The van der Waals surface area contributed by atoms with Crippen LogP contribution in [0.2, 0.25) is 5.02 Å². The van der Waals surface area contributed by atoms with E-state index in [1.165, 1.54) is 14.2 Å². The number of aromatic nitrogens is 2. The zero-order valence-electron chi connectivity index (χ0n) is 13.1. The number of nitrogens with zero attached hydrogens (tertiary/aromatic N) is 2. The number of hydrogen-bond acceptors (Lipinski definition) is 4. The third-order valence-electron chi connectivity index (χ3n) is 3.68. The molecule has 9 heteroatoms. The molecule has 0 saturated heterocycles. The first-order valence-corrected chi connectivity index (χ1v) is 7.11. The minimum Gasteiger partial charge on any atom is -0.478 e. The van der Waals surface area contributed by atoms with Crippen LogP contribution >= 0.6 is 11.6 Å². The van der Waals surface area contributed by atoms with E-state index in [9.17, 15) is 18.8 Å². The van der Waals surface area contributed by atoms with Gasteiger partial charge in [0.25, 0.3) is 5.56 Å². The maximum absolute atomic E-state index is 14.3. The number of rotatable bonds is 4. The smallest absolute Gasteiger partial charge is 0.337 e. The largest absolute Gasteiger partial charge is 0.478 e. The van der Waals surface area contributed by atoms with Gasteiger partial charge in [0.05, 0.1) is 28.4 Å². The van der Waals surface area contributed by atoms with E-state index in [0.29, 0.717) is 10.3 Å². The summed E-state index contributed by atoms with van der Waals surface area (Å²) in [5.74, 6) is -2.40. The Balaban J connectivity index is 2.93. The van der Waals surface area contributed by atoms with Crippen molar-refractivity contribution in [2.75, 3.05) is 7.11 Å². The first-order valence-electron chi connectivity index (χ1n) is 6.73. The van der Waals surface area contributed by atoms with Gasteiger partial charge in [-0.1, -0.05) is 11.6 Å². The summed E-state index contributed by atoms with van der Waals surface area (Å²) >= 11 is 5.69. The van der Waals surface area contributed by atoms with E-state index in [0.717, 1.165) is 16.7 Å². The molecular weight excluding hydrogens is 343 g/mol. The molecule has 1 aromatic heterocycles. The van der Waals surface area contributed by atoms with Gasteiger partial charge in [-0.25, -0.2) is 18.5 Å². The number of aromatic carboxylic acids is 1. The van der Waals surface area contributed by atoms with Crippen LogP contribution in [-0.4, -0.2) is 27.3 Å². The summed E-state index contributed by atoms with van der Waals surface area (Å²) in [6.07, 6.45) is 0. The van der Waals surface area contributed by atoms with Crippen LogP contribution in [0, 0.1) is 12.7 Å². The first-order chi connectivity index (χ1) is 11.2. The number of carboxylic acid groups (broad SMARTS) is 1. The van der Waals surface area contributed by atoms with Crippen molar-refractivity contribution < 1.29 is 19.0 Å². The molecule has 0 unspecified atom stereocenters. The molecule has 1 heterocycles. The highest BCUT2D eigenvalue weighted by atomic mass is 35.5. The van der Waals surface area contributed by atoms with Gasteiger partial charge in [0.15, 0.2) is 0 Å². The molecular formula is C15H14ClFN2O5. The predicted octanol–water partition coefficient (Wildman–Crippen LogP) is 1.48. The third kappa shape index (κ3) is 2.85. The second-order valence-electron chi connectivity index (χ2n) is 5.07. The van der Waals surface area contributed by atoms with E-state index in [2.05, 4.69) is 0 Å². The maximum Gasteiger partial charge on any atom is 0.337 e. The minimum atomic E-state index is -1.41. The van der Waals surface area contributed by atoms with Gasteiger partial charge in [-0.2, -0.15) is 0 Å². The molecule has 2 rings (SSSR count). The fourth-order valence-electron chi connectivity index (χ4n) is 2.27. The van der Waals surface area contributed by atoms with Gasteiger partial charge in [0, 0.05) is 19.9 Å². The summed E-state index contributed by atoms with van der Waals surface area (Å²) < 4.78 is 20.9. The number of hydrogen-bond donors (Lipinski definition) is 1. The van der Waals surface area contributed by atoms with Crippen LogP contribution in [-0.2, 0) is 18.4 Å². The van der Waals surface area contributed by atoms with Crippen LogP contribution in [0.15, 0.2) is 21.7 Å². The van der Waals surface area contributed by atoms with Crippen LogP contribution < -0.4 is 11.2 Å². The van der Waals surface area contributed by atoms with E-state index >= 15 is 0 Å². The second-order valence-corrected chi connectivity index (χ2v) is 5.47. The molecule has 1 N–H and O–H groups in total. The molecule has 0 fully saturated rings. The Morgan fingerprint density at radius 1 is 1.38 bits per heavy atom. The predicted molar refractivity (Wildman–Crippen MR) is 84.7 cm³/mol. The van der Waals surface area contributed by atoms with Crippen LogP contribution in [0.4, 0.5) is 4.39 Å². The number of benzene rings is 1. The number of carbonyl (C=O) groups is 1. The monoisotopic (exact) mass is 356 g/mol. The summed E-state index contributed by atoms with van der Waals surface area (Å²) in [5, 5.41) is 8.77. The van der Waals surface area contributed by atoms with Gasteiger partial charge in [-0.3, -0.25) is 4.79 Å². The standard InChI is InChI=1S/C15H14ClFN2O5/c1-7-9(6-24-3)13(20)19(15(23)18(7)2)12-4-8(14(21)22)10(16)5-11(12)17/h4-5H,6H2,1-3H3,(H,21,22). The van der Waals surface area contributed by atoms with Crippen LogP contribution in [0.1, 0.15) is 21.6 Å². The molecule has 0 aliphatic carbocycles. The molecule has 0 saturated carbocycles. The Hall–Kier alpha value is -2.45. The van der Waals surface area contributed by atoms with Crippen molar-refractivity contribution in [2.24, 2.45) is 7.05 Å². The summed E-state index contributed by atoms with van der Waals surface area (Å²) in [7, 11) is 2.79. The molecule has 0 amide bonds.